The lowest BCUT2D eigenvalue weighted by atomic mass is 9.54. The lowest BCUT2D eigenvalue weighted by Gasteiger charge is -2.54. The molecule has 5 atom stereocenters. The van der Waals surface area contributed by atoms with Crippen LogP contribution in [0.25, 0.3) is 0 Å². The van der Waals surface area contributed by atoms with Crippen LogP contribution in [-0.4, -0.2) is 42.2 Å². The molecule has 1 N–H and O–H groups in total. The summed E-state index contributed by atoms with van der Waals surface area (Å²) in [4.78, 5) is 14.6. The summed E-state index contributed by atoms with van der Waals surface area (Å²) in [6.07, 6.45) is 3.54. The summed E-state index contributed by atoms with van der Waals surface area (Å²) in [5, 5.41) is 3.65. The monoisotopic (exact) mass is 352 g/mol. The first-order valence-electron chi connectivity index (χ1n) is 9.78. The van der Waals surface area contributed by atoms with Gasteiger partial charge >= 0.3 is 5.97 Å². The Morgan fingerprint density at radius 2 is 2.27 bits per heavy atom. The van der Waals surface area contributed by atoms with E-state index in [4.69, 9.17) is 9.47 Å². The Bertz CT molecular complexity index is 865. The number of fused-ring (bicyclic) bond motifs is 3. The highest BCUT2D eigenvalue weighted by molar-refractivity contribution is 5.74. The molecule has 0 unspecified atom stereocenters. The van der Waals surface area contributed by atoms with Gasteiger partial charge in [-0.25, -0.2) is 0 Å². The van der Waals surface area contributed by atoms with Gasteiger partial charge in [0.25, 0.3) is 0 Å². The molecule has 1 aromatic rings. The smallest absolute Gasteiger partial charge is 0.307 e. The van der Waals surface area contributed by atoms with Crippen LogP contribution >= 0.6 is 0 Å². The number of benzene rings is 1. The molecule has 4 aliphatic heterocycles. The number of hydrogen-bond acceptors (Lipinski definition) is 5. The fourth-order valence-electron chi connectivity index (χ4n) is 6.71. The fourth-order valence-corrected chi connectivity index (χ4v) is 6.71. The Hall–Kier alpha value is -1.85. The van der Waals surface area contributed by atoms with Crippen molar-refractivity contribution in [1.29, 1.82) is 0 Å². The quantitative estimate of drug-likeness (QED) is 0.655. The highest BCUT2D eigenvalue weighted by Crippen LogP contribution is 2.68. The van der Waals surface area contributed by atoms with Gasteiger partial charge in [-0.2, -0.15) is 0 Å². The predicted octanol–water partition coefficient (Wildman–Crippen LogP) is 2.78. The zero-order valence-corrected chi connectivity index (χ0v) is 15.2. The third kappa shape index (κ3) is 1.58. The van der Waals surface area contributed by atoms with E-state index in [1.807, 2.05) is 0 Å². The van der Waals surface area contributed by atoms with E-state index in [0.29, 0.717) is 18.2 Å². The van der Waals surface area contributed by atoms with Crippen LogP contribution in [0.3, 0.4) is 0 Å². The minimum Gasteiger partial charge on any atom is -0.429 e. The van der Waals surface area contributed by atoms with E-state index in [9.17, 15) is 4.79 Å². The molecule has 0 aromatic heterocycles. The summed E-state index contributed by atoms with van der Waals surface area (Å²) in [5.74, 6) is 0.605. The molecule has 26 heavy (non-hydrogen) atoms. The average molecular weight is 352 g/mol. The van der Waals surface area contributed by atoms with Gasteiger partial charge in [-0.05, 0) is 31.0 Å². The van der Waals surface area contributed by atoms with Crippen molar-refractivity contribution in [1.82, 2.24) is 4.90 Å². The Labute approximate surface area is 153 Å². The molecule has 5 aliphatic rings. The van der Waals surface area contributed by atoms with Crippen molar-refractivity contribution in [2.45, 2.75) is 56.8 Å². The molecule has 136 valence electrons. The summed E-state index contributed by atoms with van der Waals surface area (Å²) in [6, 6.07) is 9.03. The van der Waals surface area contributed by atoms with Gasteiger partial charge in [0.2, 0.25) is 0 Å². The molecule has 0 bridgehead atoms. The molecular weight excluding hydrogens is 328 g/mol. The van der Waals surface area contributed by atoms with Gasteiger partial charge < -0.3 is 14.8 Å². The maximum absolute atomic E-state index is 11.9. The summed E-state index contributed by atoms with van der Waals surface area (Å²) in [6.45, 7) is 5.90. The van der Waals surface area contributed by atoms with Crippen molar-refractivity contribution in [3.8, 4) is 0 Å². The predicted molar refractivity (Wildman–Crippen MR) is 96.5 cm³/mol. The lowest BCUT2D eigenvalue weighted by Crippen LogP contribution is -2.62. The Balaban J connectivity index is 1.63. The molecule has 1 spiro atoms. The maximum atomic E-state index is 11.9. The van der Waals surface area contributed by atoms with Crippen molar-refractivity contribution in [3.05, 3.63) is 41.3 Å². The van der Waals surface area contributed by atoms with E-state index in [1.165, 1.54) is 18.2 Å². The van der Waals surface area contributed by atoms with Crippen LogP contribution < -0.4 is 5.32 Å². The zero-order chi connectivity index (χ0) is 17.7. The molecule has 0 saturated carbocycles. The van der Waals surface area contributed by atoms with E-state index in [0.717, 1.165) is 43.8 Å². The van der Waals surface area contributed by atoms with E-state index >= 15 is 0 Å². The van der Waals surface area contributed by atoms with E-state index in [-0.39, 0.29) is 16.8 Å². The highest BCUT2D eigenvalue weighted by atomic mass is 16.6. The topological polar surface area (TPSA) is 54.1 Å². The van der Waals surface area contributed by atoms with Crippen LogP contribution in [0.5, 0.6) is 0 Å². The molecule has 3 fully saturated rings. The summed E-state index contributed by atoms with van der Waals surface area (Å²) >= 11 is 0. The van der Waals surface area contributed by atoms with Gasteiger partial charge in [0.1, 0.15) is 5.76 Å². The average Bonchev–Trinajstić information content (AvgIpc) is 3.20. The number of nitrogens with one attached hydrogen (secondary N) is 1. The Kier molecular flexibility index (Phi) is 2.75. The number of allylic oxidation sites excluding steroid dienone is 1. The van der Waals surface area contributed by atoms with Gasteiger partial charge in [0.05, 0.1) is 23.3 Å². The minimum absolute atomic E-state index is 0.0207. The van der Waals surface area contributed by atoms with Crippen molar-refractivity contribution in [2.24, 2.45) is 5.41 Å². The molecule has 5 heteroatoms. The van der Waals surface area contributed by atoms with Crippen molar-refractivity contribution < 1.29 is 14.3 Å². The number of carbonyl (C=O) groups is 1. The molecule has 0 radical (unpaired) electrons. The number of esters is 1. The number of hydrogen-bond donors (Lipinski definition) is 1. The number of ether oxygens (including phenoxy) is 2. The van der Waals surface area contributed by atoms with Gasteiger partial charge in [0, 0.05) is 37.0 Å². The second-order valence-electron chi connectivity index (χ2n) is 8.54. The zero-order valence-electron chi connectivity index (χ0n) is 15.2. The first-order chi connectivity index (χ1) is 12.6. The van der Waals surface area contributed by atoms with Gasteiger partial charge in [-0.3, -0.25) is 9.69 Å². The number of nitrogens with zero attached hydrogens (tertiary/aromatic N) is 1. The molecule has 1 aromatic carbocycles. The number of carbonyl (C=O) groups excluding carboxylic acids is 1. The van der Waals surface area contributed by atoms with Gasteiger partial charge in [-0.15, -0.1) is 0 Å². The highest BCUT2D eigenvalue weighted by Gasteiger charge is 2.73. The van der Waals surface area contributed by atoms with Crippen LogP contribution in [0.1, 0.15) is 38.7 Å². The molecule has 4 heterocycles. The van der Waals surface area contributed by atoms with Crippen molar-refractivity contribution >= 4 is 11.7 Å². The van der Waals surface area contributed by atoms with Crippen LogP contribution in [0.2, 0.25) is 0 Å². The number of piperidine rings is 1. The van der Waals surface area contributed by atoms with E-state index in [2.05, 4.69) is 41.4 Å². The Morgan fingerprint density at radius 1 is 1.42 bits per heavy atom. The first kappa shape index (κ1) is 15.2. The molecule has 6 rings (SSSR count). The third-order valence-corrected chi connectivity index (χ3v) is 7.54. The third-order valence-electron chi connectivity index (χ3n) is 7.54. The standard InChI is InChI=1S/C21H24N2O3/c1-3-20-10-15(25-12(2)24)17-21(13-6-4-5-7-14(13)22-17)8-9-23(19(20)21)11-16-18(20)26-16/h4-7,16,18-19,22H,3,8-11H2,1-2H3/t16-,18-,19-,20-,21-/m0/s1. The lowest BCUT2D eigenvalue weighted by molar-refractivity contribution is -0.138. The largest absolute Gasteiger partial charge is 0.429 e. The first-order valence-corrected chi connectivity index (χ1v) is 9.78. The second kappa shape index (κ2) is 4.70. The van der Waals surface area contributed by atoms with Crippen LogP contribution in [0.4, 0.5) is 5.69 Å². The number of epoxide rings is 1. The molecular formula is C21H24N2O3. The van der Waals surface area contributed by atoms with Gasteiger partial charge in [0.15, 0.2) is 0 Å². The van der Waals surface area contributed by atoms with Gasteiger partial charge in [-0.1, -0.05) is 25.1 Å². The number of para-hydroxylation sites is 1. The number of rotatable bonds is 2. The van der Waals surface area contributed by atoms with Crippen LogP contribution in [0, 0.1) is 5.41 Å². The second-order valence-corrected chi connectivity index (χ2v) is 8.54. The molecule has 3 saturated heterocycles. The SMILES string of the molecule is CC[C@]12CC(OC(C)=O)=C3Nc4ccccc4[C@@]34CCN(C[C@@H]3O[C@@H]31)[C@@H]24. The Morgan fingerprint density at radius 3 is 3.08 bits per heavy atom. The van der Waals surface area contributed by atoms with E-state index < -0.39 is 0 Å². The van der Waals surface area contributed by atoms with E-state index in [1.54, 1.807) is 0 Å². The van der Waals surface area contributed by atoms with Crippen LogP contribution in [-0.2, 0) is 19.7 Å². The molecule has 0 amide bonds. The summed E-state index contributed by atoms with van der Waals surface area (Å²) in [7, 11) is 0. The summed E-state index contributed by atoms with van der Waals surface area (Å²) < 4.78 is 12.0. The fraction of sp³-hybridized carbons (Fsp3) is 0.571. The van der Waals surface area contributed by atoms with Crippen LogP contribution in [0.15, 0.2) is 35.7 Å². The maximum Gasteiger partial charge on any atom is 0.307 e. The molecule has 1 aliphatic carbocycles. The van der Waals surface area contributed by atoms with Crippen molar-refractivity contribution in [3.63, 3.8) is 0 Å². The minimum atomic E-state index is -0.232. The van der Waals surface area contributed by atoms with Crippen molar-refractivity contribution in [2.75, 3.05) is 18.4 Å². The number of anilines is 1. The summed E-state index contributed by atoms with van der Waals surface area (Å²) in [5.41, 5.74) is 3.58. The molecule has 5 nitrogen and oxygen atoms in total. The normalized spacial score (nSPS) is 41.7.